The lowest BCUT2D eigenvalue weighted by Crippen LogP contribution is -2.26. The lowest BCUT2D eigenvalue weighted by molar-refractivity contribution is -0.136. The Labute approximate surface area is 282 Å². The van der Waals surface area contributed by atoms with Crippen molar-refractivity contribution in [2.45, 2.75) is 38.6 Å². The summed E-state index contributed by atoms with van der Waals surface area (Å²) in [4.78, 5) is 27.6. The van der Waals surface area contributed by atoms with E-state index in [-0.39, 0.29) is 36.9 Å². The summed E-state index contributed by atoms with van der Waals surface area (Å²) in [5, 5.41) is 24.3. The fourth-order valence-electron chi connectivity index (χ4n) is 4.55. The highest BCUT2D eigenvalue weighted by Crippen LogP contribution is 2.32. The van der Waals surface area contributed by atoms with Gasteiger partial charge in [0.15, 0.2) is 0 Å². The van der Waals surface area contributed by atoms with Crippen LogP contribution in [0.25, 0.3) is 22.6 Å². The number of pyridine rings is 1. The first-order valence-corrected chi connectivity index (χ1v) is 15.6. The second kappa shape index (κ2) is 14.7. The summed E-state index contributed by atoms with van der Waals surface area (Å²) in [5.41, 5.74) is 4.31. The first-order valence-electron chi connectivity index (χ1n) is 14.8. The minimum atomic E-state index is -0.977. The van der Waals surface area contributed by atoms with E-state index < -0.39 is 5.97 Å². The van der Waals surface area contributed by atoms with Crippen molar-refractivity contribution in [3.8, 4) is 28.5 Å². The number of amides is 1. The summed E-state index contributed by atoms with van der Waals surface area (Å²) in [6.45, 7) is 6.27. The van der Waals surface area contributed by atoms with Crippen LogP contribution in [0.1, 0.15) is 55.0 Å². The highest BCUT2D eigenvalue weighted by molar-refractivity contribution is 6.36. The molecule has 0 aliphatic heterocycles. The van der Waals surface area contributed by atoms with Gasteiger partial charge in [-0.1, -0.05) is 74.3 Å². The second-order valence-corrected chi connectivity index (χ2v) is 12.6. The molecular weight excluding hydrogens is 641 g/mol. The topological polar surface area (TPSA) is 139 Å². The molecule has 2 aromatic heterocycles. The van der Waals surface area contributed by atoms with Gasteiger partial charge in [0, 0.05) is 51.1 Å². The molecule has 0 bridgehead atoms. The number of carboxylic acid groups (broad SMARTS) is 1. The van der Waals surface area contributed by atoms with Gasteiger partial charge in [0.1, 0.15) is 6.61 Å². The molecule has 1 atom stereocenters. The number of aromatic nitrogens is 3. The number of ether oxygens (including phenoxy) is 1. The van der Waals surface area contributed by atoms with Gasteiger partial charge in [-0.15, -0.1) is 10.2 Å². The monoisotopic (exact) mass is 673 g/mol. The Morgan fingerprint density at radius 2 is 1.66 bits per heavy atom. The van der Waals surface area contributed by atoms with Crippen LogP contribution in [0.4, 0.5) is 5.69 Å². The Morgan fingerprint density at radius 1 is 0.936 bits per heavy atom. The Hall–Kier alpha value is -4.93. The fourth-order valence-corrected chi connectivity index (χ4v) is 5.07. The van der Waals surface area contributed by atoms with Gasteiger partial charge in [-0.3, -0.25) is 9.59 Å². The third-order valence-electron chi connectivity index (χ3n) is 7.12. The molecule has 0 saturated heterocycles. The second-order valence-electron chi connectivity index (χ2n) is 11.8. The number of carboxylic acids is 1. The van der Waals surface area contributed by atoms with Crippen molar-refractivity contribution in [1.82, 2.24) is 20.5 Å². The van der Waals surface area contributed by atoms with Gasteiger partial charge in [-0.2, -0.15) is 0 Å². The van der Waals surface area contributed by atoms with E-state index in [2.05, 4.69) is 25.8 Å². The normalized spacial score (nSPS) is 11.9. The molecule has 3 aromatic carbocycles. The first kappa shape index (κ1) is 33.4. The molecular formula is C35H33Cl2N5O5. The molecule has 47 heavy (non-hydrogen) atoms. The maximum absolute atomic E-state index is 12.4. The zero-order valence-corrected chi connectivity index (χ0v) is 27.5. The number of rotatable bonds is 12. The van der Waals surface area contributed by atoms with Crippen molar-refractivity contribution >= 4 is 40.8 Å². The van der Waals surface area contributed by atoms with Gasteiger partial charge < -0.3 is 24.9 Å². The van der Waals surface area contributed by atoms with Crippen LogP contribution in [0.2, 0.25) is 10.0 Å². The molecule has 5 aromatic rings. The predicted octanol–water partition coefficient (Wildman–Crippen LogP) is 7.84. The van der Waals surface area contributed by atoms with E-state index in [1.54, 1.807) is 48.7 Å². The van der Waals surface area contributed by atoms with E-state index in [1.165, 1.54) is 0 Å². The van der Waals surface area contributed by atoms with Gasteiger partial charge in [0.2, 0.25) is 17.7 Å². The highest BCUT2D eigenvalue weighted by Gasteiger charge is 2.22. The summed E-state index contributed by atoms with van der Waals surface area (Å²) in [6.07, 6.45) is 1.48. The van der Waals surface area contributed by atoms with Crippen molar-refractivity contribution in [3.63, 3.8) is 0 Å². The van der Waals surface area contributed by atoms with E-state index >= 15 is 0 Å². The van der Waals surface area contributed by atoms with Crippen molar-refractivity contribution in [2.75, 3.05) is 18.5 Å². The molecule has 0 saturated carbocycles. The predicted molar refractivity (Wildman–Crippen MR) is 181 cm³/mol. The van der Waals surface area contributed by atoms with Gasteiger partial charge in [0.05, 0.1) is 18.0 Å². The summed E-state index contributed by atoms with van der Waals surface area (Å²) < 4.78 is 12.0. The standard InChI is InChI=1S/C35H33Cl2N5O5/c1-35(2,3)34-42-41-33(47-34)24-10-15-30(39-19-24)46-20-29(22-6-4-21(5-7-22)27-14-11-25(36)18-28(27)37)40-26-12-8-23(9-13-26)32(45)38-17-16-31(43)44/h4-15,18-19,29,40H,16-17,20H2,1-3H3,(H,38,45)(H,43,44)/t29-/m1/s1. The van der Waals surface area contributed by atoms with E-state index in [1.807, 2.05) is 57.2 Å². The number of carbonyl (C=O) groups is 2. The number of aliphatic carboxylic acids is 1. The fraction of sp³-hybridized carbons (Fsp3) is 0.229. The molecule has 0 spiro atoms. The highest BCUT2D eigenvalue weighted by atomic mass is 35.5. The Morgan fingerprint density at radius 3 is 2.28 bits per heavy atom. The van der Waals surface area contributed by atoms with Crippen molar-refractivity contribution in [2.24, 2.45) is 0 Å². The third-order valence-corrected chi connectivity index (χ3v) is 7.66. The number of carbonyl (C=O) groups excluding carboxylic acids is 1. The zero-order valence-electron chi connectivity index (χ0n) is 26.0. The molecule has 5 rings (SSSR count). The Kier molecular flexibility index (Phi) is 10.4. The van der Waals surface area contributed by atoms with Crippen LogP contribution >= 0.6 is 23.2 Å². The summed E-state index contributed by atoms with van der Waals surface area (Å²) in [5.74, 6) is 0.00860. The quantitative estimate of drug-likeness (QED) is 0.121. The largest absolute Gasteiger partial charge is 0.481 e. The number of halogens is 2. The van der Waals surface area contributed by atoms with Gasteiger partial charge in [-0.05, 0) is 53.6 Å². The number of hydrogen-bond donors (Lipinski definition) is 3. The summed E-state index contributed by atoms with van der Waals surface area (Å²) in [6, 6.07) is 23.5. The molecule has 0 radical (unpaired) electrons. The number of benzene rings is 3. The van der Waals surface area contributed by atoms with Crippen molar-refractivity contribution < 1.29 is 23.8 Å². The molecule has 10 nitrogen and oxygen atoms in total. The first-order chi connectivity index (χ1) is 22.5. The summed E-state index contributed by atoms with van der Waals surface area (Å²) >= 11 is 12.5. The van der Waals surface area contributed by atoms with Crippen LogP contribution < -0.4 is 15.4 Å². The molecule has 1 amide bonds. The molecule has 0 unspecified atom stereocenters. The maximum Gasteiger partial charge on any atom is 0.305 e. The number of anilines is 1. The van der Waals surface area contributed by atoms with Crippen LogP contribution in [0.15, 0.2) is 89.5 Å². The number of nitrogens with one attached hydrogen (secondary N) is 2. The molecule has 2 heterocycles. The average Bonchev–Trinajstić information content (AvgIpc) is 3.55. The van der Waals surface area contributed by atoms with E-state index in [0.717, 1.165) is 22.4 Å². The lowest BCUT2D eigenvalue weighted by atomic mass is 9.97. The van der Waals surface area contributed by atoms with Crippen LogP contribution in [0.5, 0.6) is 5.88 Å². The van der Waals surface area contributed by atoms with Crippen LogP contribution in [0, 0.1) is 0 Å². The lowest BCUT2D eigenvalue weighted by Gasteiger charge is -2.21. The molecule has 0 aliphatic rings. The van der Waals surface area contributed by atoms with E-state index in [4.69, 9.17) is 37.5 Å². The van der Waals surface area contributed by atoms with Crippen LogP contribution in [-0.2, 0) is 10.2 Å². The minimum absolute atomic E-state index is 0.0483. The van der Waals surface area contributed by atoms with Gasteiger partial charge >= 0.3 is 5.97 Å². The van der Waals surface area contributed by atoms with Crippen LogP contribution in [0.3, 0.4) is 0 Å². The smallest absolute Gasteiger partial charge is 0.305 e. The van der Waals surface area contributed by atoms with Crippen LogP contribution in [-0.4, -0.2) is 45.3 Å². The Balaban J connectivity index is 1.32. The number of nitrogens with zero attached hydrogens (tertiary/aromatic N) is 3. The zero-order chi connectivity index (χ0) is 33.6. The van der Waals surface area contributed by atoms with E-state index in [0.29, 0.717) is 38.8 Å². The maximum atomic E-state index is 12.4. The molecule has 242 valence electrons. The SMILES string of the molecule is CC(C)(C)c1nnc(-c2ccc(OC[C@@H](Nc3ccc(C(=O)NCCC(=O)O)cc3)c3ccc(-c4ccc(Cl)cc4Cl)cc3)nc2)o1. The Bertz CT molecular complexity index is 1840. The number of hydrogen-bond acceptors (Lipinski definition) is 8. The summed E-state index contributed by atoms with van der Waals surface area (Å²) in [7, 11) is 0. The molecule has 0 fully saturated rings. The van der Waals surface area contributed by atoms with Gasteiger partial charge in [-0.25, -0.2) is 4.98 Å². The minimum Gasteiger partial charge on any atom is -0.481 e. The van der Waals surface area contributed by atoms with Crippen molar-refractivity contribution in [3.05, 3.63) is 112 Å². The van der Waals surface area contributed by atoms with Crippen molar-refractivity contribution in [1.29, 1.82) is 0 Å². The van der Waals surface area contributed by atoms with E-state index in [9.17, 15) is 9.59 Å². The third kappa shape index (κ3) is 8.87. The average molecular weight is 675 g/mol. The molecule has 12 heteroatoms. The molecule has 0 aliphatic carbocycles. The molecule has 3 N–H and O–H groups in total. The van der Waals surface area contributed by atoms with Gasteiger partial charge in [0.25, 0.3) is 5.91 Å².